The third kappa shape index (κ3) is 6.52. The number of amides is 1. The predicted octanol–water partition coefficient (Wildman–Crippen LogP) is 3.30. The monoisotopic (exact) mass is 410 g/mol. The van der Waals surface area contributed by atoms with Crippen molar-refractivity contribution in [3.05, 3.63) is 42.0 Å². The number of methoxy groups -OCH3 is 3. The highest BCUT2D eigenvalue weighted by atomic mass is 19.3. The molecule has 0 radical (unpaired) electrons. The van der Waals surface area contributed by atoms with Gasteiger partial charge in [-0.2, -0.15) is 8.78 Å². The molecule has 2 aromatic carbocycles. The molecule has 10 heteroatoms. The van der Waals surface area contributed by atoms with Crippen LogP contribution in [0.15, 0.2) is 41.6 Å². The van der Waals surface area contributed by atoms with Crippen LogP contribution in [0.1, 0.15) is 5.56 Å². The average Bonchev–Trinajstić information content (AvgIpc) is 2.72. The standard InChI is InChI=1S/C19H20F2N2O6/c1-25-13-5-6-14(16(9-13)26-2)23-18(24)11-28-22-10-12-4-7-15(29-19(20)21)17(8-12)27-3/h4-10,19H,11H2,1-3H3,(H,23,24)/b22-10-. The summed E-state index contributed by atoms with van der Waals surface area (Å²) < 4.78 is 44.3. The summed E-state index contributed by atoms with van der Waals surface area (Å²) in [7, 11) is 4.31. The summed E-state index contributed by atoms with van der Waals surface area (Å²) in [6, 6.07) is 9.17. The molecule has 8 nitrogen and oxygen atoms in total. The zero-order valence-corrected chi connectivity index (χ0v) is 16.0. The lowest BCUT2D eigenvalue weighted by atomic mass is 10.2. The number of hydrogen-bond donors (Lipinski definition) is 1. The number of hydrogen-bond acceptors (Lipinski definition) is 7. The molecule has 1 N–H and O–H groups in total. The van der Waals surface area contributed by atoms with Crippen molar-refractivity contribution in [1.82, 2.24) is 0 Å². The van der Waals surface area contributed by atoms with Gasteiger partial charge in [-0.1, -0.05) is 5.16 Å². The van der Waals surface area contributed by atoms with Crippen LogP contribution in [0.3, 0.4) is 0 Å². The molecule has 2 aromatic rings. The second-order valence-electron chi connectivity index (χ2n) is 5.41. The Kier molecular flexibility index (Phi) is 8.01. The first kappa shape index (κ1) is 21.7. The normalized spacial score (nSPS) is 10.7. The Labute approximate surface area is 166 Å². The van der Waals surface area contributed by atoms with Gasteiger partial charge in [0.2, 0.25) is 0 Å². The molecule has 0 aliphatic carbocycles. The third-order valence-electron chi connectivity index (χ3n) is 3.56. The SMILES string of the molecule is COc1ccc(NC(=O)CO/N=C\c2ccc(OC(F)F)c(OC)c2)c(OC)c1. The number of anilines is 1. The zero-order valence-electron chi connectivity index (χ0n) is 16.0. The fourth-order valence-corrected chi connectivity index (χ4v) is 2.24. The van der Waals surface area contributed by atoms with Gasteiger partial charge in [-0.05, 0) is 30.3 Å². The third-order valence-corrected chi connectivity index (χ3v) is 3.56. The van der Waals surface area contributed by atoms with Gasteiger partial charge < -0.3 is 29.1 Å². The smallest absolute Gasteiger partial charge is 0.387 e. The van der Waals surface area contributed by atoms with Crippen molar-refractivity contribution in [2.75, 3.05) is 33.3 Å². The van der Waals surface area contributed by atoms with Crippen molar-refractivity contribution < 1.29 is 37.4 Å². The maximum absolute atomic E-state index is 12.3. The summed E-state index contributed by atoms with van der Waals surface area (Å²) in [5, 5.41) is 6.31. The average molecular weight is 410 g/mol. The van der Waals surface area contributed by atoms with Crippen molar-refractivity contribution in [3.63, 3.8) is 0 Å². The van der Waals surface area contributed by atoms with Crippen molar-refractivity contribution in [3.8, 4) is 23.0 Å². The highest BCUT2D eigenvalue weighted by molar-refractivity contribution is 5.93. The van der Waals surface area contributed by atoms with E-state index in [2.05, 4.69) is 15.2 Å². The minimum Gasteiger partial charge on any atom is -0.497 e. The van der Waals surface area contributed by atoms with Crippen molar-refractivity contribution in [1.29, 1.82) is 0 Å². The maximum atomic E-state index is 12.3. The van der Waals surface area contributed by atoms with Gasteiger partial charge in [0, 0.05) is 11.6 Å². The highest BCUT2D eigenvalue weighted by Crippen LogP contribution is 2.29. The van der Waals surface area contributed by atoms with E-state index in [9.17, 15) is 13.6 Å². The van der Waals surface area contributed by atoms with E-state index in [-0.39, 0.29) is 18.1 Å². The Bertz CT molecular complexity index is 861. The van der Waals surface area contributed by atoms with Crippen LogP contribution in [0.5, 0.6) is 23.0 Å². The molecule has 0 unspecified atom stereocenters. The molecule has 1 amide bonds. The van der Waals surface area contributed by atoms with Crippen molar-refractivity contribution in [2.45, 2.75) is 6.61 Å². The number of rotatable bonds is 10. The summed E-state index contributed by atoms with van der Waals surface area (Å²) in [6.07, 6.45) is 1.30. The number of nitrogens with one attached hydrogen (secondary N) is 1. The summed E-state index contributed by atoms with van der Waals surface area (Å²) in [5.74, 6) is 0.566. The number of benzene rings is 2. The number of ether oxygens (including phenoxy) is 4. The first-order valence-electron chi connectivity index (χ1n) is 8.27. The molecule has 156 valence electrons. The molecule has 0 aliphatic rings. The number of halogens is 2. The van der Waals surface area contributed by atoms with Crippen LogP contribution in [0.2, 0.25) is 0 Å². The van der Waals surface area contributed by atoms with Crippen molar-refractivity contribution in [2.24, 2.45) is 5.16 Å². The van der Waals surface area contributed by atoms with Gasteiger partial charge in [0.05, 0.1) is 33.2 Å². The molecule has 0 fully saturated rings. The van der Waals surface area contributed by atoms with Gasteiger partial charge in [0.15, 0.2) is 18.1 Å². The number of carbonyl (C=O) groups excluding carboxylic acids is 1. The lowest BCUT2D eigenvalue weighted by molar-refractivity contribution is -0.120. The minimum atomic E-state index is -2.96. The van der Waals surface area contributed by atoms with Crippen LogP contribution in [0, 0.1) is 0 Å². The Hall–Kier alpha value is -3.56. The van der Waals surface area contributed by atoms with E-state index in [1.54, 1.807) is 18.2 Å². The van der Waals surface area contributed by atoms with Gasteiger partial charge in [-0.15, -0.1) is 0 Å². The Morgan fingerprint density at radius 2 is 1.79 bits per heavy atom. The van der Waals surface area contributed by atoms with Crippen LogP contribution in [0.4, 0.5) is 14.5 Å². The van der Waals surface area contributed by atoms with Crippen LogP contribution in [0.25, 0.3) is 0 Å². The Balaban J connectivity index is 1.91. The molecule has 0 heterocycles. The Morgan fingerprint density at radius 3 is 2.45 bits per heavy atom. The van der Waals surface area contributed by atoms with Gasteiger partial charge in [-0.3, -0.25) is 4.79 Å². The van der Waals surface area contributed by atoms with Crippen LogP contribution >= 0.6 is 0 Å². The minimum absolute atomic E-state index is 0.103. The van der Waals surface area contributed by atoms with E-state index in [0.29, 0.717) is 22.7 Å². The molecule has 29 heavy (non-hydrogen) atoms. The summed E-state index contributed by atoms with van der Waals surface area (Å²) >= 11 is 0. The number of carbonyl (C=O) groups is 1. The van der Waals surface area contributed by atoms with Gasteiger partial charge in [0.1, 0.15) is 11.5 Å². The molecular weight excluding hydrogens is 390 g/mol. The Morgan fingerprint density at radius 1 is 1.03 bits per heavy atom. The van der Waals surface area contributed by atoms with Crippen molar-refractivity contribution >= 4 is 17.8 Å². The lowest BCUT2D eigenvalue weighted by Crippen LogP contribution is -2.17. The first-order chi connectivity index (χ1) is 14.0. The first-order valence-corrected chi connectivity index (χ1v) is 8.27. The van der Waals surface area contributed by atoms with E-state index >= 15 is 0 Å². The topological polar surface area (TPSA) is 87.6 Å². The fraction of sp³-hybridized carbons (Fsp3) is 0.263. The van der Waals surface area contributed by atoms with E-state index < -0.39 is 12.5 Å². The molecule has 0 saturated heterocycles. The van der Waals surface area contributed by atoms with Gasteiger partial charge >= 0.3 is 6.61 Å². The molecule has 0 bridgehead atoms. The number of alkyl halides is 2. The van der Waals surface area contributed by atoms with E-state index in [4.69, 9.17) is 19.0 Å². The quantitative estimate of drug-likeness (QED) is 0.478. The zero-order chi connectivity index (χ0) is 21.2. The molecule has 0 atom stereocenters. The van der Waals surface area contributed by atoms with E-state index in [1.807, 2.05) is 0 Å². The summed E-state index contributed by atoms with van der Waals surface area (Å²) in [5.41, 5.74) is 0.950. The van der Waals surface area contributed by atoms with Crippen LogP contribution < -0.4 is 24.3 Å². The second-order valence-corrected chi connectivity index (χ2v) is 5.41. The fourth-order valence-electron chi connectivity index (χ4n) is 2.24. The van der Waals surface area contributed by atoms with Gasteiger partial charge in [-0.25, -0.2) is 0 Å². The van der Waals surface area contributed by atoms with Crippen LogP contribution in [-0.4, -0.2) is 46.7 Å². The van der Waals surface area contributed by atoms with Crippen LogP contribution in [-0.2, 0) is 9.63 Å². The van der Waals surface area contributed by atoms with Gasteiger partial charge in [0.25, 0.3) is 5.91 Å². The number of oxime groups is 1. The lowest BCUT2D eigenvalue weighted by Gasteiger charge is -2.11. The maximum Gasteiger partial charge on any atom is 0.387 e. The molecule has 2 rings (SSSR count). The molecule has 0 aliphatic heterocycles. The summed E-state index contributed by atoms with van der Waals surface area (Å²) in [4.78, 5) is 16.9. The summed E-state index contributed by atoms with van der Waals surface area (Å²) in [6.45, 7) is -3.32. The van der Waals surface area contributed by atoms with E-state index in [1.165, 1.54) is 45.7 Å². The molecular formula is C19H20F2N2O6. The molecule has 0 saturated carbocycles. The predicted molar refractivity (Wildman–Crippen MR) is 101 cm³/mol. The second kappa shape index (κ2) is 10.7. The molecule has 0 spiro atoms. The molecule has 0 aromatic heterocycles. The largest absolute Gasteiger partial charge is 0.497 e. The highest BCUT2D eigenvalue weighted by Gasteiger charge is 2.11. The number of nitrogens with zero attached hydrogens (tertiary/aromatic N) is 1. The van der Waals surface area contributed by atoms with E-state index in [0.717, 1.165) is 0 Å².